The second-order valence-electron chi connectivity index (χ2n) is 29.2. The number of hydrogen-bond acceptors (Lipinski definition) is 15. The van der Waals surface area contributed by atoms with E-state index in [-0.39, 0.29) is 25.7 Å². The summed E-state index contributed by atoms with van der Waals surface area (Å²) in [5.41, 5.74) is 0. The summed E-state index contributed by atoms with van der Waals surface area (Å²) in [7, 11) is -9.92. The van der Waals surface area contributed by atoms with Crippen LogP contribution in [-0.2, 0) is 65.4 Å². The first-order chi connectivity index (χ1) is 46.2. The van der Waals surface area contributed by atoms with Gasteiger partial charge in [-0.25, -0.2) is 9.13 Å². The van der Waals surface area contributed by atoms with Crippen LogP contribution in [0.3, 0.4) is 0 Å². The Morgan fingerprint density at radius 1 is 0.292 bits per heavy atom. The van der Waals surface area contributed by atoms with Gasteiger partial charge >= 0.3 is 39.5 Å². The number of phosphoric acid groups is 2. The molecule has 0 fully saturated rings. The van der Waals surface area contributed by atoms with Crippen LogP contribution in [0.2, 0.25) is 0 Å². The molecule has 0 radical (unpaired) electrons. The Kier molecular flexibility index (Phi) is 65.0. The Balaban J connectivity index is 5.26. The second-order valence-corrected chi connectivity index (χ2v) is 32.1. The van der Waals surface area contributed by atoms with E-state index in [9.17, 15) is 43.2 Å². The zero-order chi connectivity index (χ0) is 71.0. The zero-order valence-corrected chi connectivity index (χ0v) is 64.8. The summed E-state index contributed by atoms with van der Waals surface area (Å²) < 4.78 is 68.6. The Labute approximate surface area is 588 Å². The third-order valence-electron chi connectivity index (χ3n) is 18.5. The van der Waals surface area contributed by atoms with Crippen molar-refractivity contribution in [3.63, 3.8) is 0 Å². The number of aliphatic hydroxyl groups is 1. The van der Waals surface area contributed by atoms with Gasteiger partial charge in [0.1, 0.15) is 19.3 Å². The van der Waals surface area contributed by atoms with E-state index in [0.717, 1.165) is 120 Å². The number of esters is 4. The Morgan fingerprint density at radius 2 is 0.500 bits per heavy atom. The van der Waals surface area contributed by atoms with Crippen molar-refractivity contribution >= 4 is 39.5 Å². The first-order valence-corrected chi connectivity index (χ1v) is 42.8. The molecule has 4 unspecified atom stereocenters. The minimum Gasteiger partial charge on any atom is -0.462 e. The molecule has 0 spiro atoms. The van der Waals surface area contributed by atoms with Crippen LogP contribution >= 0.6 is 15.6 Å². The van der Waals surface area contributed by atoms with Crippen molar-refractivity contribution in [2.75, 3.05) is 39.6 Å². The van der Waals surface area contributed by atoms with E-state index in [1.54, 1.807) is 0 Å². The lowest BCUT2D eigenvalue weighted by atomic mass is 9.99. The first kappa shape index (κ1) is 94.1. The number of hydrogen-bond donors (Lipinski definition) is 3. The molecule has 17 nitrogen and oxygen atoms in total. The number of unbranched alkanes of at least 4 members (excludes halogenated alkanes) is 38. The number of rotatable bonds is 74. The molecular formula is C77H150O17P2. The molecule has 0 amide bonds. The highest BCUT2D eigenvalue weighted by Crippen LogP contribution is 2.45. The molecule has 0 aliphatic rings. The van der Waals surface area contributed by atoms with E-state index in [1.165, 1.54) is 186 Å². The molecule has 19 heteroatoms. The van der Waals surface area contributed by atoms with Gasteiger partial charge in [0, 0.05) is 25.7 Å². The van der Waals surface area contributed by atoms with Crippen LogP contribution in [0.4, 0.5) is 0 Å². The number of aliphatic hydroxyl groups excluding tert-OH is 1. The fourth-order valence-electron chi connectivity index (χ4n) is 11.7. The van der Waals surface area contributed by atoms with Crippen molar-refractivity contribution in [3.8, 4) is 0 Å². The summed E-state index contributed by atoms with van der Waals surface area (Å²) in [6, 6.07) is 0. The molecule has 0 aromatic carbocycles. The van der Waals surface area contributed by atoms with Crippen LogP contribution in [0.1, 0.15) is 389 Å². The molecule has 0 aliphatic heterocycles. The lowest BCUT2D eigenvalue weighted by molar-refractivity contribution is -0.161. The summed E-state index contributed by atoms with van der Waals surface area (Å²) in [5.74, 6) is 0.988. The third-order valence-corrected chi connectivity index (χ3v) is 20.4. The highest BCUT2D eigenvalue weighted by molar-refractivity contribution is 7.47. The predicted molar refractivity (Wildman–Crippen MR) is 391 cm³/mol. The van der Waals surface area contributed by atoms with Crippen LogP contribution in [-0.4, -0.2) is 96.7 Å². The molecule has 0 aromatic heterocycles. The van der Waals surface area contributed by atoms with Gasteiger partial charge in [-0.05, 0) is 49.4 Å². The quantitative estimate of drug-likeness (QED) is 0.0222. The minimum absolute atomic E-state index is 0.105. The van der Waals surface area contributed by atoms with Crippen molar-refractivity contribution in [3.05, 3.63) is 0 Å². The van der Waals surface area contributed by atoms with E-state index in [1.807, 2.05) is 0 Å². The highest BCUT2D eigenvalue weighted by atomic mass is 31.2. The van der Waals surface area contributed by atoms with E-state index < -0.39 is 97.5 Å². The van der Waals surface area contributed by atoms with Crippen molar-refractivity contribution < 1.29 is 80.2 Å². The van der Waals surface area contributed by atoms with E-state index in [2.05, 4.69) is 55.4 Å². The van der Waals surface area contributed by atoms with Crippen LogP contribution in [0.5, 0.6) is 0 Å². The van der Waals surface area contributed by atoms with Crippen molar-refractivity contribution in [2.24, 2.45) is 23.7 Å². The first-order valence-electron chi connectivity index (χ1n) is 39.8. The Morgan fingerprint density at radius 3 is 0.740 bits per heavy atom. The number of phosphoric ester groups is 2. The van der Waals surface area contributed by atoms with Gasteiger partial charge in [-0.2, -0.15) is 0 Å². The van der Waals surface area contributed by atoms with Gasteiger partial charge in [0.2, 0.25) is 0 Å². The second kappa shape index (κ2) is 66.3. The molecule has 0 aliphatic carbocycles. The summed E-state index contributed by atoms with van der Waals surface area (Å²) >= 11 is 0. The van der Waals surface area contributed by atoms with Gasteiger partial charge < -0.3 is 33.8 Å². The molecule has 0 rings (SSSR count). The lowest BCUT2D eigenvalue weighted by Gasteiger charge is -2.21. The normalized spacial score (nSPS) is 14.7. The van der Waals surface area contributed by atoms with E-state index in [0.29, 0.717) is 25.7 Å². The average molecular weight is 1410 g/mol. The Hall–Kier alpha value is -1.94. The number of carbonyl (C=O) groups excluding carboxylic acids is 4. The maximum Gasteiger partial charge on any atom is 0.472 e. The molecule has 0 saturated carbocycles. The summed E-state index contributed by atoms with van der Waals surface area (Å²) in [6.45, 7) is 14.2. The molecule has 0 heterocycles. The van der Waals surface area contributed by atoms with Gasteiger partial charge in [0.25, 0.3) is 0 Å². The molecule has 7 atom stereocenters. The SMILES string of the molecule is CCC(C)CCCCCCCCCCCCC(=O)O[C@H](COC(=O)CCCCCCCCC(C)CC)COP(=O)(O)OC[C@H](O)COP(=O)(O)OC[C@@H](COC(=O)CCCCCCCCCCCCCC(C)C)OC(=O)CCCCCCCCCCCCCCCCCC(C)C. The molecule has 0 saturated heterocycles. The lowest BCUT2D eigenvalue weighted by Crippen LogP contribution is -2.30. The average Bonchev–Trinajstić information content (AvgIpc) is 1.70. The minimum atomic E-state index is -4.96. The maximum absolute atomic E-state index is 13.1. The van der Waals surface area contributed by atoms with E-state index in [4.69, 9.17) is 37.0 Å². The molecule has 570 valence electrons. The van der Waals surface area contributed by atoms with Crippen LogP contribution in [0, 0.1) is 23.7 Å². The molecule has 0 aromatic rings. The smallest absolute Gasteiger partial charge is 0.462 e. The monoisotopic (exact) mass is 1410 g/mol. The molecule has 0 bridgehead atoms. The maximum atomic E-state index is 13.1. The van der Waals surface area contributed by atoms with Crippen molar-refractivity contribution in [2.45, 2.75) is 408 Å². The summed E-state index contributed by atoms with van der Waals surface area (Å²) in [4.78, 5) is 72.9. The topological polar surface area (TPSA) is 237 Å². The standard InChI is InChI=1S/C77H150O17P2/c1-9-69(7)55-47-39-31-25-21-22-28-34-44-52-60-77(82)94-73(64-88-75(80)58-50-42-36-35-40-48-56-70(8)10-2)66-92-96(85,86)90-62-71(78)61-89-95(83,84)91-65-72(63-87-74(79)57-49-41-32-26-20-16-18-24-30-38-46-54-68(5)6)93-76(81)59-51-43-33-27-19-15-13-11-12-14-17-23-29-37-45-53-67(3)4/h67-73,78H,9-66H2,1-8H3,(H,83,84)(H,85,86)/t69?,70?,71-,72-,73-/m1/s1. The van der Waals surface area contributed by atoms with Crippen molar-refractivity contribution in [1.82, 2.24) is 0 Å². The summed E-state index contributed by atoms with van der Waals surface area (Å²) in [6.07, 6.45) is 51.2. The van der Waals surface area contributed by atoms with Crippen LogP contribution < -0.4 is 0 Å². The fraction of sp³-hybridized carbons (Fsp3) is 0.948. The van der Waals surface area contributed by atoms with Gasteiger partial charge in [0.15, 0.2) is 12.2 Å². The number of carbonyl (C=O) groups is 4. The number of ether oxygens (including phenoxy) is 4. The Bertz CT molecular complexity index is 1890. The van der Waals surface area contributed by atoms with Crippen LogP contribution in [0.25, 0.3) is 0 Å². The van der Waals surface area contributed by atoms with Gasteiger partial charge in [-0.15, -0.1) is 0 Å². The largest absolute Gasteiger partial charge is 0.472 e. The molecule has 3 N–H and O–H groups in total. The van der Waals surface area contributed by atoms with Gasteiger partial charge in [-0.3, -0.25) is 37.3 Å². The van der Waals surface area contributed by atoms with E-state index >= 15 is 0 Å². The highest BCUT2D eigenvalue weighted by Gasteiger charge is 2.30. The van der Waals surface area contributed by atoms with Crippen molar-refractivity contribution in [1.29, 1.82) is 0 Å². The van der Waals surface area contributed by atoms with Gasteiger partial charge in [0.05, 0.1) is 26.4 Å². The summed E-state index contributed by atoms with van der Waals surface area (Å²) in [5, 5.41) is 10.6. The molecular weight excluding hydrogens is 1260 g/mol. The zero-order valence-electron chi connectivity index (χ0n) is 63.0. The molecule has 96 heavy (non-hydrogen) atoms. The third kappa shape index (κ3) is 67.9. The van der Waals surface area contributed by atoms with Gasteiger partial charge in [-0.1, -0.05) is 338 Å². The predicted octanol–water partition coefficient (Wildman–Crippen LogP) is 22.4. The van der Waals surface area contributed by atoms with Crippen LogP contribution in [0.15, 0.2) is 0 Å². The fourth-order valence-corrected chi connectivity index (χ4v) is 13.2.